The first-order valence-corrected chi connectivity index (χ1v) is 11.1. The molecule has 1 aliphatic rings. The van der Waals surface area contributed by atoms with Crippen molar-refractivity contribution in [1.82, 2.24) is 5.32 Å². The van der Waals surface area contributed by atoms with Crippen LogP contribution in [0.5, 0.6) is 11.5 Å². The van der Waals surface area contributed by atoms with Crippen molar-refractivity contribution in [2.45, 2.75) is 25.6 Å². The molecule has 7 heteroatoms. The van der Waals surface area contributed by atoms with Crippen LogP contribution in [0.1, 0.15) is 42.2 Å². The van der Waals surface area contributed by atoms with E-state index in [0.29, 0.717) is 29.4 Å². The van der Waals surface area contributed by atoms with E-state index in [2.05, 4.69) is 21.2 Å². The maximum absolute atomic E-state index is 14.7. The predicted octanol–water partition coefficient (Wildman–Crippen LogP) is 6.57. The van der Waals surface area contributed by atoms with E-state index in [1.165, 1.54) is 6.07 Å². The normalized spacial score (nSPS) is 18.5. The molecule has 1 heterocycles. The second kappa shape index (κ2) is 9.39. The molecule has 0 bridgehead atoms. The zero-order valence-electron chi connectivity index (χ0n) is 16.8. The van der Waals surface area contributed by atoms with Crippen molar-refractivity contribution < 1.29 is 14.2 Å². The van der Waals surface area contributed by atoms with E-state index in [-0.39, 0.29) is 17.4 Å². The molecule has 31 heavy (non-hydrogen) atoms. The number of halogens is 3. The van der Waals surface area contributed by atoms with Gasteiger partial charge in [0.15, 0.2) is 11.5 Å². The van der Waals surface area contributed by atoms with Gasteiger partial charge < -0.3 is 9.84 Å². The summed E-state index contributed by atoms with van der Waals surface area (Å²) in [5.41, 5.74) is 2.64. The Labute approximate surface area is 193 Å². The first-order chi connectivity index (χ1) is 15.0. The van der Waals surface area contributed by atoms with Crippen LogP contribution in [0.3, 0.4) is 0 Å². The molecule has 2 atom stereocenters. The SMILES string of the molecule is CCOc1cccc([C@@H]2CC(c3cccc(Br)c3)=N[C@@H](c3c(F)cccc3Cl)N2)c1O. The first kappa shape index (κ1) is 21.8. The summed E-state index contributed by atoms with van der Waals surface area (Å²) in [5.74, 6) is 0.0415. The number of benzene rings is 3. The molecule has 0 aliphatic carbocycles. The predicted molar refractivity (Wildman–Crippen MR) is 125 cm³/mol. The molecular formula is C24H21BrClFN2O2. The summed E-state index contributed by atoms with van der Waals surface area (Å²) < 4.78 is 21.2. The topological polar surface area (TPSA) is 53.8 Å². The maximum Gasteiger partial charge on any atom is 0.162 e. The van der Waals surface area contributed by atoms with Gasteiger partial charge in [0.05, 0.1) is 11.6 Å². The number of hydrogen-bond donors (Lipinski definition) is 2. The molecule has 0 amide bonds. The van der Waals surface area contributed by atoms with E-state index in [1.807, 2.05) is 43.3 Å². The monoisotopic (exact) mass is 502 g/mol. The molecule has 160 valence electrons. The number of aromatic hydroxyl groups is 1. The smallest absolute Gasteiger partial charge is 0.162 e. The molecule has 3 aromatic rings. The van der Waals surface area contributed by atoms with Crippen molar-refractivity contribution in [3.8, 4) is 11.5 Å². The first-order valence-electron chi connectivity index (χ1n) is 9.95. The Kier molecular flexibility index (Phi) is 6.60. The van der Waals surface area contributed by atoms with E-state index >= 15 is 0 Å². The lowest BCUT2D eigenvalue weighted by atomic mass is 9.93. The molecule has 4 rings (SSSR count). The highest BCUT2D eigenvalue weighted by Crippen LogP contribution is 2.40. The third-order valence-corrected chi connectivity index (χ3v) is 6.00. The minimum atomic E-state index is -0.711. The number of ether oxygens (including phenoxy) is 1. The molecule has 3 aromatic carbocycles. The van der Waals surface area contributed by atoms with Crippen LogP contribution in [0.4, 0.5) is 4.39 Å². The molecule has 0 radical (unpaired) electrons. The van der Waals surface area contributed by atoms with Crippen molar-refractivity contribution in [3.05, 3.63) is 92.7 Å². The summed E-state index contributed by atoms with van der Waals surface area (Å²) in [4.78, 5) is 4.80. The average molecular weight is 504 g/mol. The minimum absolute atomic E-state index is 0.0655. The van der Waals surface area contributed by atoms with E-state index in [1.54, 1.807) is 18.2 Å². The summed E-state index contributed by atoms with van der Waals surface area (Å²) in [6.07, 6.45) is -0.209. The second-order valence-electron chi connectivity index (χ2n) is 7.17. The standard InChI is InChI=1S/C24H21BrClFN2O2/c1-2-31-21-11-4-8-16(23(21)30)20-13-19(14-6-3-7-15(25)12-14)28-24(29-20)22-17(26)9-5-10-18(22)27/h3-12,20,24,29-30H,2,13H2,1H3/t20-,24+/m0/s1. The molecule has 0 unspecified atom stereocenters. The van der Waals surface area contributed by atoms with Gasteiger partial charge in [-0.3, -0.25) is 10.3 Å². The highest BCUT2D eigenvalue weighted by molar-refractivity contribution is 9.10. The Bertz CT molecular complexity index is 1120. The van der Waals surface area contributed by atoms with Crippen LogP contribution >= 0.6 is 27.5 Å². The number of aliphatic imine (C=N–C) groups is 1. The van der Waals surface area contributed by atoms with Gasteiger partial charge in [-0.05, 0) is 42.8 Å². The van der Waals surface area contributed by atoms with Gasteiger partial charge in [0, 0.05) is 33.8 Å². The summed E-state index contributed by atoms with van der Waals surface area (Å²) in [6, 6.07) is 17.4. The molecule has 1 aliphatic heterocycles. The van der Waals surface area contributed by atoms with Crippen molar-refractivity contribution in [2.75, 3.05) is 6.61 Å². The van der Waals surface area contributed by atoms with Gasteiger partial charge in [0.1, 0.15) is 12.0 Å². The van der Waals surface area contributed by atoms with Crippen molar-refractivity contribution in [2.24, 2.45) is 4.99 Å². The molecule has 0 saturated heterocycles. The Morgan fingerprint density at radius 3 is 2.71 bits per heavy atom. The van der Waals surface area contributed by atoms with Gasteiger partial charge in [-0.2, -0.15) is 0 Å². The third kappa shape index (κ3) is 4.61. The highest BCUT2D eigenvalue weighted by Gasteiger charge is 2.31. The van der Waals surface area contributed by atoms with Gasteiger partial charge >= 0.3 is 0 Å². The summed E-state index contributed by atoms with van der Waals surface area (Å²) in [5, 5.41) is 14.5. The summed E-state index contributed by atoms with van der Waals surface area (Å²) in [6.45, 7) is 2.30. The Morgan fingerprint density at radius 2 is 1.97 bits per heavy atom. The lowest BCUT2D eigenvalue weighted by Crippen LogP contribution is -2.33. The molecule has 0 saturated carbocycles. The Morgan fingerprint density at radius 1 is 1.19 bits per heavy atom. The molecule has 2 N–H and O–H groups in total. The van der Waals surface area contributed by atoms with Crippen LogP contribution < -0.4 is 10.1 Å². The number of nitrogens with one attached hydrogen (secondary N) is 1. The summed E-state index contributed by atoms with van der Waals surface area (Å²) in [7, 11) is 0. The molecular weight excluding hydrogens is 483 g/mol. The maximum atomic E-state index is 14.7. The Hall–Kier alpha value is -2.41. The van der Waals surface area contributed by atoms with Crippen molar-refractivity contribution >= 4 is 33.2 Å². The van der Waals surface area contributed by atoms with Crippen LogP contribution in [-0.2, 0) is 0 Å². The number of hydrogen-bond acceptors (Lipinski definition) is 4. The fraction of sp³-hybridized carbons (Fsp3) is 0.208. The molecule has 0 fully saturated rings. The lowest BCUT2D eigenvalue weighted by molar-refractivity contribution is 0.313. The van der Waals surface area contributed by atoms with Gasteiger partial charge in [-0.15, -0.1) is 0 Å². The quantitative estimate of drug-likeness (QED) is 0.414. The van der Waals surface area contributed by atoms with Crippen molar-refractivity contribution in [1.29, 1.82) is 0 Å². The Balaban J connectivity index is 1.81. The van der Waals surface area contributed by atoms with E-state index in [9.17, 15) is 9.50 Å². The number of para-hydroxylation sites is 1. The third-order valence-electron chi connectivity index (χ3n) is 5.18. The molecule has 0 aromatic heterocycles. The molecule has 0 spiro atoms. The fourth-order valence-electron chi connectivity index (χ4n) is 3.76. The van der Waals surface area contributed by atoms with Crippen LogP contribution in [0.25, 0.3) is 0 Å². The number of rotatable bonds is 5. The minimum Gasteiger partial charge on any atom is -0.504 e. The van der Waals surface area contributed by atoms with Gasteiger partial charge in [-0.1, -0.05) is 57.9 Å². The molecule has 4 nitrogen and oxygen atoms in total. The van der Waals surface area contributed by atoms with Crippen LogP contribution in [-0.4, -0.2) is 17.4 Å². The second-order valence-corrected chi connectivity index (χ2v) is 8.50. The zero-order valence-corrected chi connectivity index (χ0v) is 19.1. The van der Waals surface area contributed by atoms with Crippen LogP contribution in [0, 0.1) is 5.82 Å². The highest BCUT2D eigenvalue weighted by atomic mass is 79.9. The summed E-state index contributed by atoms with van der Waals surface area (Å²) >= 11 is 9.85. The number of phenols is 1. The lowest BCUT2D eigenvalue weighted by Gasteiger charge is -2.31. The van der Waals surface area contributed by atoms with Crippen LogP contribution in [0.15, 0.2) is 70.1 Å². The van der Waals surface area contributed by atoms with E-state index in [4.69, 9.17) is 21.3 Å². The van der Waals surface area contributed by atoms with E-state index < -0.39 is 12.0 Å². The van der Waals surface area contributed by atoms with Gasteiger partial charge in [-0.25, -0.2) is 4.39 Å². The fourth-order valence-corrected chi connectivity index (χ4v) is 4.43. The average Bonchev–Trinajstić information content (AvgIpc) is 2.75. The largest absolute Gasteiger partial charge is 0.504 e. The van der Waals surface area contributed by atoms with Crippen molar-refractivity contribution in [3.63, 3.8) is 0 Å². The van der Waals surface area contributed by atoms with Gasteiger partial charge in [0.2, 0.25) is 0 Å². The zero-order chi connectivity index (χ0) is 22.0. The van der Waals surface area contributed by atoms with Gasteiger partial charge in [0.25, 0.3) is 0 Å². The van der Waals surface area contributed by atoms with Crippen LogP contribution in [0.2, 0.25) is 5.02 Å². The number of phenolic OH excluding ortho intramolecular Hbond substituents is 1. The number of nitrogens with zero attached hydrogens (tertiary/aromatic N) is 1. The van der Waals surface area contributed by atoms with E-state index in [0.717, 1.165) is 15.7 Å².